The molecule has 0 radical (unpaired) electrons. The summed E-state index contributed by atoms with van der Waals surface area (Å²) in [6.45, 7) is 5.15. The van der Waals surface area contributed by atoms with E-state index in [1.165, 1.54) is 11.8 Å². The van der Waals surface area contributed by atoms with Crippen LogP contribution in [0.15, 0.2) is 35.2 Å². The first kappa shape index (κ1) is 27.0. The number of ketones is 1. The van der Waals surface area contributed by atoms with Crippen LogP contribution in [0.1, 0.15) is 65.0 Å². The summed E-state index contributed by atoms with van der Waals surface area (Å²) < 4.78 is 63.8. The van der Waals surface area contributed by atoms with E-state index in [4.69, 9.17) is 0 Å². The molecule has 1 saturated carbocycles. The van der Waals surface area contributed by atoms with E-state index in [1.807, 2.05) is 0 Å². The van der Waals surface area contributed by atoms with Gasteiger partial charge in [-0.2, -0.15) is 13.2 Å². The van der Waals surface area contributed by atoms with E-state index in [0.717, 1.165) is 18.9 Å². The molecule has 4 nitrogen and oxygen atoms in total. The molecule has 1 heterocycles. The molecule has 2 aromatic rings. The van der Waals surface area contributed by atoms with Gasteiger partial charge in [0.05, 0.1) is 16.0 Å². The van der Waals surface area contributed by atoms with Gasteiger partial charge in [-0.1, -0.05) is 18.2 Å². The van der Waals surface area contributed by atoms with Crippen LogP contribution in [0.25, 0.3) is 10.9 Å². The zero-order valence-electron chi connectivity index (χ0n) is 19.8. The molecule has 1 fully saturated rings. The minimum atomic E-state index is -4.51. The minimum absolute atomic E-state index is 0.0443. The Morgan fingerprint density at radius 1 is 1.09 bits per heavy atom. The number of rotatable bonds is 8. The number of nitrogens with zero attached hydrogens (tertiary/aromatic N) is 1. The second kappa shape index (κ2) is 10.6. The molecule has 0 atom stereocenters. The fraction of sp³-hybridized carbons (Fsp3) is 0.600. The summed E-state index contributed by atoms with van der Waals surface area (Å²) >= 11 is 1.32. The highest BCUT2D eigenvalue weighted by molar-refractivity contribution is 7.99. The fourth-order valence-corrected chi connectivity index (χ4v) is 6.74. The molecule has 3 rings (SSSR count). The Kier molecular flexibility index (Phi) is 8.38. The molecule has 1 aliphatic rings. The molecule has 188 valence electrons. The molecule has 0 spiro atoms. The zero-order chi connectivity index (χ0) is 25.1. The Hall–Kier alpha value is -1.61. The van der Waals surface area contributed by atoms with Gasteiger partial charge in [-0.25, -0.2) is 13.4 Å². The summed E-state index contributed by atoms with van der Waals surface area (Å²) in [6, 6.07) is 7.85. The van der Waals surface area contributed by atoms with Crippen LogP contribution in [0.2, 0.25) is 0 Å². The SMILES string of the molecule is CC(C)(C)S(=O)(=O)CC1CCC(C(=O)CCCSc2cc(C(F)(F)F)nc3ccccc23)CC1. The second-order valence-corrected chi connectivity index (χ2v) is 14.0. The summed E-state index contributed by atoms with van der Waals surface area (Å²) in [5.74, 6) is 0.946. The molecule has 0 N–H and O–H groups in total. The number of Topliss-reactive ketones (excluding diaryl/α,β-unsaturated/α-hetero) is 1. The maximum atomic E-state index is 13.2. The van der Waals surface area contributed by atoms with Crippen LogP contribution in [0.4, 0.5) is 13.2 Å². The topological polar surface area (TPSA) is 64.1 Å². The molecule has 1 aromatic heterocycles. The molecule has 0 unspecified atom stereocenters. The smallest absolute Gasteiger partial charge is 0.299 e. The number of aromatic nitrogens is 1. The normalized spacial score (nSPS) is 19.9. The van der Waals surface area contributed by atoms with E-state index in [2.05, 4.69) is 4.98 Å². The number of benzene rings is 1. The van der Waals surface area contributed by atoms with Crippen molar-refractivity contribution in [2.75, 3.05) is 11.5 Å². The summed E-state index contributed by atoms with van der Waals surface area (Å²) in [4.78, 5) is 16.9. The maximum Gasteiger partial charge on any atom is 0.433 e. The Labute approximate surface area is 204 Å². The van der Waals surface area contributed by atoms with Crippen molar-refractivity contribution in [3.8, 4) is 0 Å². The van der Waals surface area contributed by atoms with Crippen LogP contribution in [0.3, 0.4) is 0 Å². The lowest BCUT2D eigenvalue weighted by atomic mass is 9.80. The van der Waals surface area contributed by atoms with Gasteiger partial charge in [-0.05, 0) is 76.7 Å². The van der Waals surface area contributed by atoms with Gasteiger partial charge in [0.15, 0.2) is 9.84 Å². The average molecular weight is 516 g/mol. The van der Waals surface area contributed by atoms with Crippen molar-refractivity contribution in [3.05, 3.63) is 36.0 Å². The van der Waals surface area contributed by atoms with Crippen molar-refractivity contribution in [2.45, 2.75) is 75.1 Å². The zero-order valence-corrected chi connectivity index (χ0v) is 21.5. The number of halogens is 3. The fourth-order valence-electron chi connectivity index (χ4n) is 4.25. The van der Waals surface area contributed by atoms with Crippen molar-refractivity contribution in [2.24, 2.45) is 11.8 Å². The largest absolute Gasteiger partial charge is 0.433 e. The van der Waals surface area contributed by atoms with Gasteiger partial charge in [0.25, 0.3) is 0 Å². The van der Waals surface area contributed by atoms with Crippen molar-refractivity contribution in [1.29, 1.82) is 0 Å². The van der Waals surface area contributed by atoms with Gasteiger partial charge < -0.3 is 0 Å². The van der Waals surface area contributed by atoms with Crippen LogP contribution in [0, 0.1) is 11.8 Å². The maximum absolute atomic E-state index is 13.2. The van der Waals surface area contributed by atoms with Gasteiger partial charge >= 0.3 is 6.18 Å². The Balaban J connectivity index is 1.50. The first-order valence-corrected chi connectivity index (χ1v) is 14.3. The summed E-state index contributed by atoms with van der Waals surface area (Å²) in [7, 11) is -3.17. The average Bonchev–Trinajstić information content (AvgIpc) is 2.75. The number of hydrogen-bond acceptors (Lipinski definition) is 5. The minimum Gasteiger partial charge on any atom is -0.299 e. The van der Waals surface area contributed by atoms with E-state index in [1.54, 1.807) is 45.0 Å². The van der Waals surface area contributed by atoms with Crippen LogP contribution >= 0.6 is 11.8 Å². The quantitative estimate of drug-likeness (QED) is 0.289. The number of thioether (sulfide) groups is 1. The predicted molar refractivity (Wildman–Crippen MR) is 131 cm³/mol. The highest BCUT2D eigenvalue weighted by Crippen LogP contribution is 2.36. The molecule has 34 heavy (non-hydrogen) atoms. The highest BCUT2D eigenvalue weighted by Gasteiger charge is 2.35. The van der Waals surface area contributed by atoms with Crippen LogP contribution in [0.5, 0.6) is 0 Å². The predicted octanol–water partition coefficient (Wildman–Crippen LogP) is 6.71. The number of pyridine rings is 1. The number of sulfone groups is 1. The lowest BCUT2D eigenvalue weighted by Crippen LogP contribution is -2.35. The summed E-state index contributed by atoms with van der Waals surface area (Å²) in [5, 5.41) is 0.676. The standard InChI is InChI=1S/C25H32F3NO3S2/c1-24(2,3)34(31,32)16-17-10-12-18(13-11-17)21(30)9-6-14-33-22-15-23(25(26,27)28)29-20-8-5-4-7-19(20)22/h4-5,7-8,15,17-18H,6,9-14,16H2,1-3H3. The van der Waals surface area contributed by atoms with Gasteiger partial charge in [-0.15, -0.1) is 11.8 Å². The molecular formula is C25H32F3NO3S2. The third kappa shape index (κ3) is 6.74. The number of carbonyl (C=O) groups excluding carboxylic acids is 1. The van der Waals surface area contributed by atoms with Crippen LogP contribution in [-0.4, -0.2) is 35.4 Å². The van der Waals surface area contributed by atoms with Crippen molar-refractivity contribution in [3.63, 3.8) is 0 Å². The van der Waals surface area contributed by atoms with Gasteiger partial charge in [0.2, 0.25) is 0 Å². The Morgan fingerprint density at radius 2 is 1.74 bits per heavy atom. The molecular weight excluding hydrogens is 483 g/mol. The Morgan fingerprint density at radius 3 is 2.35 bits per heavy atom. The van der Waals surface area contributed by atoms with Crippen LogP contribution in [-0.2, 0) is 20.8 Å². The van der Waals surface area contributed by atoms with E-state index < -0.39 is 26.5 Å². The monoisotopic (exact) mass is 515 g/mol. The van der Waals surface area contributed by atoms with E-state index in [9.17, 15) is 26.4 Å². The molecule has 0 saturated heterocycles. The Bertz CT molecular complexity index is 1120. The van der Waals surface area contributed by atoms with E-state index in [-0.39, 0.29) is 23.4 Å². The van der Waals surface area contributed by atoms with Gasteiger partial charge in [-0.3, -0.25) is 4.79 Å². The van der Waals surface area contributed by atoms with Crippen LogP contribution < -0.4 is 0 Å². The third-order valence-corrected chi connectivity index (χ3v) is 10.4. The molecule has 0 amide bonds. The first-order chi connectivity index (χ1) is 15.8. The molecule has 0 aliphatic heterocycles. The van der Waals surface area contributed by atoms with Crippen molar-refractivity contribution < 1.29 is 26.4 Å². The lowest BCUT2D eigenvalue weighted by molar-refractivity contribution is -0.141. The molecule has 9 heteroatoms. The van der Waals surface area contributed by atoms with E-state index >= 15 is 0 Å². The number of fused-ring (bicyclic) bond motifs is 1. The molecule has 1 aromatic carbocycles. The molecule has 1 aliphatic carbocycles. The number of carbonyl (C=O) groups is 1. The van der Waals surface area contributed by atoms with Crippen molar-refractivity contribution in [1.82, 2.24) is 4.98 Å². The van der Waals surface area contributed by atoms with E-state index in [0.29, 0.717) is 47.2 Å². The highest BCUT2D eigenvalue weighted by atomic mass is 32.2. The number of hydrogen-bond donors (Lipinski definition) is 0. The van der Waals surface area contributed by atoms with Gasteiger partial charge in [0.1, 0.15) is 11.5 Å². The number of para-hydroxylation sites is 1. The first-order valence-electron chi connectivity index (χ1n) is 11.6. The van der Waals surface area contributed by atoms with Gasteiger partial charge in [0, 0.05) is 22.6 Å². The second-order valence-electron chi connectivity index (χ2n) is 10.1. The third-order valence-electron chi connectivity index (χ3n) is 6.48. The summed E-state index contributed by atoms with van der Waals surface area (Å²) in [6.07, 6.45) is -0.647. The lowest BCUT2D eigenvalue weighted by Gasteiger charge is -2.30. The summed E-state index contributed by atoms with van der Waals surface area (Å²) in [5.41, 5.74) is -0.601. The number of alkyl halides is 3. The molecule has 0 bridgehead atoms. The van der Waals surface area contributed by atoms with Crippen molar-refractivity contribution >= 4 is 38.3 Å².